The zero-order valence-electron chi connectivity index (χ0n) is 9.89. The average Bonchev–Trinajstić information content (AvgIpc) is 2.72. The molecular weight excluding hydrogens is 340 g/mol. The Labute approximate surface area is 118 Å². The molecule has 0 spiro atoms. The third-order valence-corrected chi connectivity index (χ3v) is 4.51. The lowest BCUT2D eigenvalue weighted by atomic mass is 10.1. The minimum atomic E-state index is -3.92. The Kier molecular flexibility index (Phi) is 4.29. The van der Waals surface area contributed by atoms with Crippen LogP contribution in [0, 0.1) is 0 Å². The predicted molar refractivity (Wildman–Crippen MR) is 69.1 cm³/mol. The Balaban J connectivity index is 2.11. The van der Waals surface area contributed by atoms with Crippen molar-refractivity contribution in [2.75, 3.05) is 13.2 Å². The van der Waals surface area contributed by atoms with Crippen molar-refractivity contribution in [1.29, 1.82) is 0 Å². The van der Waals surface area contributed by atoms with E-state index in [1.54, 1.807) is 0 Å². The third kappa shape index (κ3) is 3.56. The largest absolute Gasteiger partial charge is 0.443 e. The van der Waals surface area contributed by atoms with Crippen molar-refractivity contribution in [3.63, 3.8) is 0 Å². The first-order chi connectivity index (χ1) is 8.88. The smallest absolute Gasteiger partial charge is 0.287 e. The molecular formula is C10H13BrN2O5S. The zero-order valence-corrected chi connectivity index (χ0v) is 12.3. The molecule has 1 saturated heterocycles. The van der Waals surface area contributed by atoms with Gasteiger partial charge in [0.2, 0.25) is 10.0 Å². The SMILES string of the molecule is NS(=O)(=O)c1cc(C(=O)NC2CCOCC2)oc1Br. The molecule has 2 heterocycles. The molecule has 0 saturated carbocycles. The van der Waals surface area contributed by atoms with E-state index in [0.717, 1.165) is 18.9 Å². The van der Waals surface area contributed by atoms with Crippen molar-refractivity contribution >= 4 is 31.9 Å². The van der Waals surface area contributed by atoms with Crippen molar-refractivity contribution in [3.8, 4) is 0 Å². The van der Waals surface area contributed by atoms with Gasteiger partial charge < -0.3 is 14.5 Å². The van der Waals surface area contributed by atoms with Gasteiger partial charge in [0.25, 0.3) is 5.91 Å². The summed E-state index contributed by atoms with van der Waals surface area (Å²) in [6.07, 6.45) is 1.44. The quantitative estimate of drug-likeness (QED) is 0.827. The maximum Gasteiger partial charge on any atom is 0.287 e. The van der Waals surface area contributed by atoms with Gasteiger partial charge in [-0.1, -0.05) is 0 Å². The lowest BCUT2D eigenvalue weighted by Gasteiger charge is -2.22. The van der Waals surface area contributed by atoms with Gasteiger partial charge in [-0.2, -0.15) is 0 Å². The van der Waals surface area contributed by atoms with Gasteiger partial charge >= 0.3 is 0 Å². The van der Waals surface area contributed by atoms with E-state index in [4.69, 9.17) is 14.3 Å². The minimum Gasteiger partial charge on any atom is -0.443 e. The Bertz CT molecular complexity index is 577. The van der Waals surface area contributed by atoms with Crippen LogP contribution in [0.2, 0.25) is 0 Å². The number of hydrogen-bond acceptors (Lipinski definition) is 5. The van der Waals surface area contributed by atoms with Crippen molar-refractivity contribution < 1.29 is 22.4 Å². The number of carbonyl (C=O) groups is 1. The summed E-state index contributed by atoms with van der Waals surface area (Å²) < 4.78 is 32.6. The van der Waals surface area contributed by atoms with E-state index in [0.29, 0.717) is 13.2 Å². The van der Waals surface area contributed by atoms with Crippen LogP contribution in [0.4, 0.5) is 0 Å². The molecule has 7 nitrogen and oxygen atoms in total. The second-order valence-corrected chi connectivity index (χ2v) is 6.40. The number of furan rings is 1. The lowest BCUT2D eigenvalue weighted by Crippen LogP contribution is -2.38. The molecule has 1 aromatic rings. The highest BCUT2D eigenvalue weighted by atomic mass is 79.9. The summed E-state index contributed by atoms with van der Waals surface area (Å²) in [5.74, 6) is -0.565. The third-order valence-electron chi connectivity index (χ3n) is 2.74. The molecule has 1 aliphatic rings. The van der Waals surface area contributed by atoms with Crippen molar-refractivity contribution in [2.24, 2.45) is 5.14 Å². The number of carbonyl (C=O) groups excluding carboxylic acids is 1. The molecule has 1 amide bonds. The molecule has 0 atom stereocenters. The molecule has 0 aromatic carbocycles. The average molecular weight is 353 g/mol. The second kappa shape index (κ2) is 5.61. The summed E-state index contributed by atoms with van der Waals surface area (Å²) in [4.78, 5) is 11.7. The zero-order chi connectivity index (χ0) is 14.0. The van der Waals surface area contributed by atoms with Gasteiger partial charge in [-0.25, -0.2) is 13.6 Å². The van der Waals surface area contributed by atoms with E-state index in [2.05, 4.69) is 21.2 Å². The molecule has 0 bridgehead atoms. The Morgan fingerprint density at radius 1 is 1.42 bits per heavy atom. The van der Waals surface area contributed by atoms with Gasteiger partial charge in [0.15, 0.2) is 10.4 Å². The fourth-order valence-corrected chi connectivity index (χ4v) is 3.26. The van der Waals surface area contributed by atoms with Crippen molar-refractivity contribution in [2.45, 2.75) is 23.8 Å². The van der Waals surface area contributed by atoms with Gasteiger partial charge in [-0.3, -0.25) is 4.79 Å². The summed E-state index contributed by atoms with van der Waals surface area (Å²) >= 11 is 2.92. The van der Waals surface area contributed by atoms with Gasteiger partial charge in [0.05, 0.1) is 0 Å². The number of rotatable bonds is 3. The van der Waals surface area contributed by atoms with Crippen LogP contribution in [-0.2, 0) is 14.8 Å². The van der Waals surface area contributed by atoms with Gasteiger partial charge in [0, 0.05) is 25.3 Å². The van der Waals surface area contributed by atoms with E-state index in [-0.39, 0.29) is 21.4 Å². The highest BCUT2D eigenvalue weighted by molar-refractivity contribution is 9.10. The lowest BCUT2D eigenvalue weighted by molar-refractivity contribution is 0.0683. The van der Waals surface area contributed by atoms with Crippen LogP contribution < -0.4 is 10.5 Å². The Morgan fingerprint density at radius 2 is 2.05 bits per heavy atom. The van der Waals surface area contributed by atoms with Crippen LogP contribution in [0.5, 0.6) is 0 Å². The number of ether oxygens (including phenoxy) is 1. The second-order valence-electron chi connectivity index (χ2n) is 4.15. The molecule has 106 valence electrons. The predicted octanol–water partition coefficient (Wildman–Crippen LogP) is 0.598. The number of nitrogens with one attached hydrogen (secondary N) is 1. The molecule has 0 radical (unpaired) electrons. The summed E-state index contributed by atoms with van der Waals surface area (Å²) in [5.41, 5.74) is 0. The highest BCUT2D eigenvalue weighted by Gasteiger charge is 2.24. The maximum atomic E-state index is 11.9. The summed E-state index contributed by atoms with van der Waals surface area (Å²) in [5, 5.41) is 7.75. The number of halogens is 1. The van der Waals surface area contributed by atoms with E-state index in [1.807, 2.05) is 0 Å². The molecule has 9 heteroatoms. The molecule has 3 N–H and O–H groups in total. The van der Waals surface area contributed by atoms with Crippen LogP contribution in [0.25, 0.3) is 0 Å². The molecule has 1 aromatic heterocycles. The molecule has 1 fully saturated rings. The number of hydrogen-bond donors (Lipinski definition) is 2. The van der Waals surface area contributed by atoms with Crippen LogP contribution in [0.1, 0.15) is 23.4 Å². The molecule has 19 heavy (non-hydrogen) atoms. The first-order valence-electron chi connectivity index (χ1n) is 5.58. The summed E-state index contributed by atoms with van der Waals surface area (Å²) in [7, 11) is -3.92. The Morgan fingerprint density at radius 3 is 2.58 bits per heavy atom. The summed E-state index contributed by atoms with van der Waals surface area (Å²) in [6.45, 7) is 1.18. The van der Waals surface area contributed by atoms with E-state index < -0.39 is 15.9 Å². The van der Waals surface area contributed by atoms with Crippen LogP contribution in [0.15, 0.2) is 20.0 Å². The van der Waals surface area contributed by atoms with Crippen LogP contribution in [-0.4, -0.2) is 33.6 Å². The Hall–Kier alpha value is -0.900. The maximum absolute atomic E-state index is 11.9. The topological polar surface area (TPSA) is 112 Å². The molecule has 2 rings (SSSR count). The highest BCUT2D eigenvalue weighted by Crippen LogP contribution is 2.25. The first kappa shape index (κ1) is 14.5. The van der Waals surface area contributed by atoms with E-state index >= 15 is 0 Å². The minimum absolute atomic E-state index is 0.00283. The van der Waals surface area contributed by atoms with Crippen molar-refractivity contribution in [3.05, 3.63) is 16.5 Å². The first-order valence-corrected chi connectivity index (χ1v) is 7.92. The number of amides is 1. The summed E-state index contributed by atoms with van der Waals surface area (Å²) in [6, 6.07) is 1.11. The van der Waals surface area contributed by atoms with Crippen LogP contribution >= 0.6 is 15.9 Å². The molecule has 0 unspecified atom stereocenters. The van der Waals surface area contributed by atoms with Gasteiger partial charge in [0.1, 0.15) is 4.90 Å². The number of primary sulfonamides is 1. The van der Waals surface area contributed by atoms with Gasteiger partial charge in [-0.15, -0.1) is 0 Å². The monoisotopic (exact) mass is 352 g/mol. The fourth-order valence-electron chi connectivity index (χ4n) is 1.76. The normalized spacial score (nSPS) is 17.4. The number of nitrogens with two attached hydrogens (primary N) is 1. The standard InChI is InChI=1S/C10H13BrN2O5S/c11-9-8(19(12,15)16)5-7(18-9)10(14)13-6-1-3-17-4-2-6/h5-6H,1-4H2,(H,13,14)(H2,12,15,16). The van der Waals surface area contributed by atoms with Crippen molar-refractivity contribution in [1.82, 2.24) is 5.32 Å². The molecule has 0 aliphatic carbocycles. The number of sulfonamides is 1. The van der Waals surface area contributed by atoms with E-state index in [1.165, 1.54) is 0 Å². The van der Waals surface area contributed by atoms with Crippen LogP contribution in [0.3, 0.4) is 0 Å². The van der Waals surface area contributed by atoms with E-state index in [9.17, 15) is 13.2 Å². The van der Waals surface area contributed by atoms with Gasteiger partial charge in [-0.05, 0) is 28.8 Å². The molecule has 1 aliphatic heterocycles. The fraction of sp³-hybridized carbons (Fsp3) is 0.500.